The molecular weight excluding hydrogens is 272 g/mol. The van der Waals surface area contributed by atoms with Crippen LogP contribution in [0.15, 0.2) is 30.3 Å². The van der Waals surface area contributed by atoms with E-state index in [-0.39, 0.29) is 0 Å². The van der Waals surface area contributed by atoms with Crippen LogP contribution >= 0.6 is 0 Å². The van der Waals surface area contributed by atoms with E-state index < -0.39 is 0 Å². The molecule has 1 aliphatic rings. The van der Waals surface area contributed by atoms with Crippen molar-refractivity contribution in [3.8, 4) is 5.75 Å². The Kier molecular flexibility index (Phi) is 4.77. The van der Waals surface area contributed by atoms with Crippen molar-refractivity contribution in [2.75, 3.05) is 6.61 Å². The third-order valence-electron chi connectivity index (χ3n) is 4.50. The molecule has 0 N–H and O–H groups in total. The second kappa shape index (κ2) is 6.95. The highest BCUT2D eigenvalue weighted by Gasteiger charge is 2.18. The number of hydrogen-bond acceptors (Lipinski definition) is 2. The van der Waals surface area contributed by atoms with Gasteiger partial charge in [0.05, 0.1) is 6.61 Å². The zero-order valence-corrected chi connectivity index (χ0v) is 13.4. The number of ketones is 1. The highest BCUT2D eigenvalue weighted by atomic mass is 16.5. The van der Waals surface area contributed by atoms with Gasteiger partial charge < -0.3 is 4.74 Å². The summed E-state index contributed by atoms with van der Waals surface area (Å²) in [5.74, 6) is 1.23. The molecule has 0 radical (unpaired) electrons. The van der Waals surface area contributed by atoms with Gasteiger partial charge in [-0.3, -0.25) is 4.79 Å². The number of carbonyl (C=O) groups excluding carboxylic acids is 1. The summed E-state index contributed by atoms with van der Waals surface area (Å²) < 4.78 is 5.86. The maximum Gasteiger partial charge on any atom is 0.163 e. The van der Waals surface area contributed by atoms with Gasteiger partial charge in [-0.15, -0.1) is 0 Å². The Morgan fingerprint density at radius 2 is 1.95 bits per heavy atom. The van der Waals surface area contributed by atoms with Crippen LogP contribution in [-0.4, -0.2) is 12.4 Å². The van der Waals surface area contributed by atoms with Gasteiger partial charge in [0, 0.05) is 12.0 Å². The summed E-state index contributed by atoms with van der Waals surface area (Å²) in [6.07, 6.45) is 7.55. The Balaban J connectivity index is 1.77. The van der Waals surface area contributed by atoms with Crippen LogP contribution < -0.4 is 4.74 Å². The highest BCUT2D eigenvalue weighted by molar-refractivity contribution is 6.03. The van der Waals surface area contributed by atoms with E-state index in [1.54, 1.807) is 0 Å². The lowest BCUT2D eigenvalue weighted by Crippen LogP contribution is -2.10. The Hall–Kier alpha value is -1.83. The molecule has 0 aromatic heterocycles. The van der Waals surface area contributed by atoms with E-state index in [2.05, 4.69) is 25.1 Å². The average Bonchev–Trinajstić information content (AvgIpc) is 2.54. The van der Waals surface area contributed by atoms with E-state index >= 15 is 0 Å². The topological polar surface area (TPSA) is 26.3 Å². The van der Waals surface area contributed by atoms with Crippen LogP contribution in [0.25, 0.3) is 10.8 Å². The van der Waals surface area contributed by atoms with E-state index in [9.17, 15) is 4.79 Å². The lowest BCUT2D eigenvalue weighted by Gasteiger charge is -2.17. The molecule has 0 saturated carbocycles. The largest absolute Gasteiger partial charge is 0.494 e. The predicted molar refractivity (Wildman–Crippen MR) is 90.9 cm³/mol. The first-order valence-electron chi connectivity index (χ1n) is 8.51. The van der Waals surface area contributed by atoms with Gasteiger partial charge in [-0.2, -0.15) is 0 Å². The number of carbonyl (C=O) groups is 1. The quantitative estimate of drug-likeness (QED) is 0.674. The van der Waals surface area contributed by atoms with Crippen LogP contribution in [0, 0.1) is 0 Å². The van der Waals surface area contributed by atoms with Gasteiger partial charge in [0.25, 0.3) is 0 Å². The SMILES string of the molecule is CCCCCCOc1ccc2c3c(ccc2c1)C(=O)CCC3. The summed E-state index contributed by atoms with van der Waals surface area (Å²) in [4.78, 5) is 12.0. The van der Waals surface area contributed by atoms with Gasteiger partial charge in [0.15, 0.2) is 5.78 Å². The number of aryl methyl sites for hydroxylation is 1. The molecule has 2 heteroatoms. The lowest BCUT2D eigenvalue weighted by atomic mass is 9.87. The number of ether oxygens (including phenoxy) is 1. The number of rotatable bonds is 6. The van der Waals surface area contributed by atoms with Crippen molar-refractivity contribution in [3.05, 3.63) is 41.5 Å². The van der Waals surface area contributed by atoms with E-state index in [1.807, 2.05) is 12.1 Å². The first-order valence-corrected chi connectivity index (χ1v) is 8.51. The highest BCUT2D eigenvalue weighted by Crippen LogP contribution is 2.31. The Morgan fingerprint density at radius 3 is 2.82 bits per heavy atom. The molecule has 0 unspecified atom stereocenters. The van der Waals surface area contributed by atoms with E-state index in [4.69, 9.17) is 4.74 Å². The fraction of sp³-hybridized carbons (Fsp3) is 0.450. The van der Waals surface area contributed by atoms with Gasteiger partial charge in [-0.1, -0.05) is 44.4 Å². The molecule has 2 nitrogen and oxygen atoms in total. The van der Waals surface area contributed by atoms with Crippen LogP contribution in [0.4, 0.5) is 0 Å². The Bertz CT molecular complexity index is 673. The zero-order valence-electron chi connectivity index (χ0n) is 13.4. The van der Waals surface area contributed by atoms with Crippen molar-refractivity contribution in [2.24, 2.45) is 0 Å². The number of hydrogen-bond donors (Lipinski definition) is 0. The Morgan fingerprint density at radius 1 is 1.05 bits per heavy atom. The lowest BCUT2D eigenvalue weighted by molar-refractivity contribution is 0.0973. The number of unbranched alkanes of at least 4 members (excludes halogenated alkanes) is 3. The maximum atomic E-state index is 12.0. The molecule has 0 fully saturated rings. The molecule has 116 valence electrons. The van der Waals surface area contributed by atoms with Crippen molar-refractivity contribution >= 4 is 16.6 Å². The molecule has 0 aliphatic heterocycles. The molecule has 3 rings (SSSR count). The predicted octanol–water partition coefficient (Wildman–Crippen LogP) is 5.32. The van der Waals surface area contributed by atoms with Crippen molar-refractivity contribution in [3.63, 3.8) is 0 Å². The van der Waals surface area contributed by atoms with Crippen LogP contribution in [0.3, 0.4) is 0 Å². The number of fused-ring (bicyclic) bond motifs is 3. The number of benzene rings is 2. The third-order valence-corrected chi connectivity index (χ3v) is 4.50. The zero-order chi connectivity index (χ0) is 15.4. The summed E-state index contributed by atoms with van der Waals surface area (Å²) in [5, 5.41) is 2.39. The van der Waals surface area contributed by atoms with Crippen molar-refractivity contribution in [1.82, 2.24) is 0 Å². The van der Waals surface area contributed by atoms with Crippen LogP contribution in [0.2, 0.25) is 0 Å². The minimum atomic E-state index is 0.291. The molecule has 0 atom stereocenters. The van der Waals surface area contributed by atoms with Crippen molar-refractivity contribution in [2.45, 2.75) is 51.9 Å². The van der Waals surface area contributed by atoms with E-state index in [0.717, 1.165) is 37.2 Å². The molecule has 0 saturated heterocycles. The summed E-state index contributed by atoms with van der Waals surface area (Å²) in [6.45, 7) is 3.00. The second-order valence-corrected chi connectivity index (χ2v) is 6.16. The summed E-state index contributed by atoms with van der Waals surface area (Å²) >= 11 is 0. The van der Waals surface area contributed by atoms with Gasteiger partial charge in [0.2, 0.25) is 0 Å². The van der Waals surface area contributed by atoms with Crippen LogP contribution in [0.5, 0.6) is 5.75 Å². The molecule has 0 heterocycles. The first-order chi connectivity index (χ1) is 10.8. The summed E-state index contributed by atoms with van der Waals surface area (Å²) in [6, 6.07) is 10.3. The first kappa shape index (κ1) is 15.1. The van der Waals surface area contributed by atoms with Crippen molar-refractivity contribution in [1.29, 1.82) is 0 Å². The third kappa shape index (κ3) is 3.16. The van der Waals surface area contributed by atoms with Crippen LogP contribution in [-0.2, 0) is 6.42 Å². The molecular formula is C20H24O2. The second-order valence-electron chi connectivity index (χ2n) is 6.16. The molecule has 0 amide bonds. The minimum Gasteiger partial charge on any atom is -0.494 e. The molecule has 0 spiro atoms. The molecule has 1 aliphatic carbocycles. The fourth-order valence-electron chi connectivity index (χ4n) is 3.27. The molecule has 2 aromatic carbocycles. The minimum absolute atomic E-state index is 0.291. The summed E-state index contributed by atoms with van der Waals surface area (Å²) in [5.41, 5.74) is 2.15. The van der Waals surface area contributed by atoms with Crippen LogP contribution in [0.1, 0.15) is 61.4 Å². The standard InChI is InChI=1S/C20H24O2/c1-2-3-4-5-13-22-16-10-12-17-15(14-16)9-11-19-18(17)7-6-8-20(19)21/h9-12,14H,2-8,13H2,1H3. The van der Waals surface area contributed by atoms with E-state index in [1.165, 1.54) is 35.6 Å². The monoisotopic (exact) mass is 296 g/mol. The smallest absolute Gasteiger partial charge is 0.163 e. The van der Waals surface area contributed by atoms with E-state index in [0.29, 0.717) is 12.2 Å². The average molecular weight is 296 g/mol. The number of Topliss-reactive ketones (excluding diaryl/α,β-unsaturated/α-hetero) is 1. The Labute approximate surface area is 132 Å². The van der Waals surface area contributed by atoms with Crippen molar-refractivity contribution < 1.29 is 9.53 Å². The van der Waals surface area contributed by atoms with Gasteiger partial charge in [0.1, 0.15) is 5.75 Å². The fourth-order valence-corrected chi connectivity index (χ4v) is 3.27. The van der Waals surface area contributed by atoms with Gasteiger partial charge in [-0.25, -0.2) is 0 Å². The molecule has 0 bridgehead atoms. The van der Waals surface area contributed by atoms with Gasteiger partial charge in [-0.05, 0) is 47.7 Å². The normalized spacial score (nSPS) is 14.1. The molecule has 22 heavy (non-hydrogen) atoms. The van der Waals surface area contributed by atoms with Gasteiger partial charge >= 0.3 is 0 Å². The maximum absolute atomic E-state index is 12.0. The summed E-state index contributed by atoms with van der Waals surface area (Å²) in [7, 11) is 0. The molecule has 2 aromatic rings.